The average molecular weight is 382 g/mol. The van der Waals surface area contributed by atoms with Crippen LogP contribution in [0.15, 0.2) is 43.0 Å². The standard InChI is InChI=1S/C16H12ClN9O/c17-13-15(26-22-6-7-23-26)25-14(18)12(24-13)16(27)21-8-9-2-1-3-10-11(9)20-5-4-19-10/h1-7H,8H2,(H2,18,25)(H,21,27). The number of fused-ring (bicyclic) bond motifs is 1. The van der Waals surface area contributed by atoms with Crippen LogP contribution in [0, 0.1) is 0 Å². The van der Waals surface area contributed by atoms with Crippen LogP contribution in [0.5, 0.6) is 0 Å². The summed E-state index contributed by atoms with van der Waals surface area (Å²) in [5.41, 5.74) is 8.04. The Balaban J connectivity index is 1.57. The molecule has 4 aromatic rings. The Labute approximate surface area is 157 Å². The number of nitrogen functional groups attached to an aromatic ring is 1. The van der Waals surface area contributed by atoms with Crippen molar-refractivity contribution in [2.45, 2.75) is 6.54 Å². The number of nitrogens with one attached hydrogen (secondary N) is 1. The van der Waals surface area contributed by atoms with Gasteiger partial charge in [0.15, 0.2) is 16.7 Å². The summed E-state index contributed by atoms with van der Waals surface area (Å²) in [6.07, 6.45) is 6.13. The largest absolute Gasteiger partial charge is 0.382 e. The number of halogens is 1. The Morgan fingerprint density at radius 2 is 1.89 bits per heavy atom. The number of anilines is 1. The molecule has 0 bridgehead atoms. The number of carbonyl (C=O) groups excluding carboxylic acids is 1. The lowest BCUT2D eigenvalue weighted by Crippen LogP contribution is -2.26. The zero-order valence-electron chi connectivity index (χ0n) is 13.7. The van der Waals surface area contributed by atoms with Gasteiger partial charge < -0.3 is 11.1 Å². The SMILES string of the molecule is Nc1nc(-n2nccn2)c(Cl)nc1C(=O)NCc1cccc2nccnc12. The van der Waals surface area contributed by atoms with Crippen molar-refractivity contribution in [3.05, 3.63) is 59.4 Å². The van der Waals surface area contributed by atoms with E-state index in [4.69, 9.17) is 17.3 Å². The summed E-state index contributed by atoms with van der Waals surface area (Å²) in [6.45, 7) is 0.218. The molecule has 3 aromatic heterocycles. The monoisotopic (exact) mass is 381 g/mol. The average Bonchev–Trinajstić information content (AvgIpc) is 3.22. The molecule has 0 saturated carbocycles. The zero-order chi connectivity index (χ0) is 18.8. The lowest BCUT2D eigenvalue weighted by molar-refractivity contribution is 0.0946. The maximum absolute atomic E-state index is 12.5. The Hall–Kier alpha value is -3.66. The minimum absolute atomic E-state index is 0.0402. The van der Waals surface area contributed by atoms with Gasteiger partial charge >= 0.3 is 0 Å². The van der Waals surface area contributed by atoms with E-state index in [9.17, 15) is 4.79 Å². The van der Waals surface area contributed by atoms with Crippen LogP contribution in [0.1, 0.15) is 16.1 Å². The van der Waals surface area contributed by atoms with Gasteiger partial charge in [0.2, 0.25) is 5.82 Å². The van der Waals surface area contributed by atoms with Crippen molar-refractivity contribution < 1.29 is 4.79 Å². The summed E-state index contributed by atoms with van der Waals surface area (Å²) in [5, 5.41) is 10.5. The fourth-order valence-corrected chi connectivity index (χ4v) is 2.69. The highest BCUT2D eigenvalue weighted by Crippen LogP contribution is 2.19. The number of nitrogens with zero attached hydrogens (tertiary/aromatic N) is 7. The van der Waals surface area contributed by atoms with Crippen LogP contribution >= 0.6 is 11.6 Å². The molecule has 0 aliphatic carbocycles. The molecule has 0 unspecified atom stereocenters. The first-order chi connectivity index (χ1) is 13.1. The summed E-state index contributed by atoms with van der Waals surface area (Å²) in [7, 11) is 0. The first-order valence-electron chi connectivity index (χ1n) is 7.80. The van der Waals surface area contributed by atoms with E-state index in [1.807, 2.05) is 18.2 Å². The Bertz CT molecular complexity index is 1120. The molecule has 1 aromatic carbocycles. The lowest BCUT2D eigenvalue weighted by Gasteiger charge is -2.10. The first-order valence-corrected chi connectivity index (χ1v) is 8.18. The van der Waals surface area contributed by atoms with Crippen LogP contribution in [0.4, 0.5) is 5.82 Å². The van der Waals surface area contributed by atoms with Crippen LogP contribution < -0.4 is 11.1 Å². The van der Waals surface area contributed by atoms with Gasteiger partial charge in [-0.2, -0.15) is 10.2 Å². The molecule has 0 aliphatic rings. The van der Waals surface area contributed by atoms with Crippen LogP contribution in [-0.2, 0) is 6.54 Å². The Morgan fingerprint density at radius 3 is 2.70 bits per heavy atom. The molecule has 10 nitrogen and oxygen atoms in total. The maximum Gasteiger partial charge on any atom is 0.274 e. The van der Waals surface area contributed by atoms with Gasteiger partial charge in [-0.15, -0.1) is 4.80 Å². The topological polar surface area (TPSA) is 137 Å². The summed E-state index contributed by atoms with van der Waals surface area (Å²) in [6, 6.07) is 5.54. The van der Waals surface area contributed by atoms with Crippen molar-refractivity contribution in [1.29, 1.82) is 0 Å². The van der Waals surface area contributed by atoms with Gasteiger partial charge in [-0.3, -0.25) is 14.8 Å². The molecule has 11 heteroatoms. The number of benzene rings is 1. The molecule has 3 N–H and O–H groups in total. The van der Waals surface area contributed by atoms with Gasteiger partial charge in [0.05, 0.1) is 23.4 Å². The molecule has 0 aliphatic heterocycles. The van der Waals surface area contributed by atoms with Crippen molar-refractivity contribution >= 4 is 34.4 Å². The summed E-state index contributed by atoms with van der Waals surface area (Å²) >= 11 is 6.10. The number of amides is 1. The highest BCUT2D eigenvalue weighted by Gasteiger charge is 2.18. The van der Waals surface area contributed by atoms with Crippen LogP contribution in [0.2, 0.25) is 5.15 Å². The second-order valence-electron chi connectivity index (χ2n) is 5.41. The van der Waals surface area contributed by atoms with Gasteiger partial charge in [-0.25, -0.2) is 9.97 Å². The number of hydrogen-bond donors (Lipinski definition) is 2. The molecule has 0 radical (unpaired) electrons. The van der Waals surface area contributed by atoms with E-state index in [0.717, 1.165) is 11.1 Å². The van der Waals surface area contributed by atoms with Crippen molar-refractivity contribution in [2.75, 3.05) is 5.73 Å². The number of hydrogen-bond acceptors (Lipinski definition) is 8. The number of rotatable bonds is 4. The second-order valence-corrected chi connectivity index (χ2v) is 5.77. The minimum Gasteiger partial charge on any atom is -0.382 e. The molecule has 27 heavy (non-hydrogen) atoms. The predicted octanol–water partition coefficient (Wildman–Crippen LogP) is 1.17. The van der Waals surface area contributed by atoms with E-state index in [0.29, 0.717) is 5.52 Å². The minimum atomic E-state index is -0.511. The third kappa shape index (κ3) is 3.25. The van der Waals surface area contributed by atoms with E-state index >= 15 is 0 Å². The summed E-state index contributed by atoms with van der Waals surface area (Å²) < 4.78 is 0. The van der Waals surface area contributed by atoms with Crippen LogP contribution in [0.3, 0.4) is 0 Å². The molecule has 0 fully saturated rings. The number of para-hydroxylation sites is 1. The molecule has 3 heterocycles. The Kier molecular flexibility index (Phi) is 4.30. The van der Waals surface area contributed by atoms with Gasteiger partial charge in [-0.1, -0.05) is 23.7 Å². The van der Waals surface area contributed by atoms with Gasteiger partial charge in [0.25, 0.3) is 5.91 Å². The van der Waals surface area contributed by atoms with E-state index in [-0.39, 0.29) is 29.0 Å². The quantitative estimate of drug-likeness (QED) is 0.537. The van der Waals surface area contributed by atoms with Gasteiger partial charge in [0, 0.05) is 18.9 Å². The maximum atomic E-state index is 12.5. The molecular formula is C16H12ClN9O. The molecule has 1 amide bonds. The zero-order valence-corrected chi connectivity index (χ0v) is 14.5. The predicted molar refractivity (Wildman–Crippen MR) is 97.1 cm³/mol. The van der Waals surface area contributed by atoms with Crippen LogP contribution in [0.25, 0.3) is 16.9 Å². The summed E-state index contributed by atoms with van der Waals surface area (Å²) in [5.74, 6) is -0.454. The third-order valence-electron chi connectivity index (χ3n) is 3.71. The van der Waals surface area contributed by atoms with E-state index in [2.05, 4.69) is 35.5 Å². The highest BCUT2D eigenvalue weighted by atomic mass is 35.5. The Morgan fingerprint density at radius 1 is 1.11 bits per heavy atom. The molecule has 0 spiro atoms. The number of carbonyl (C=O) groups is 1. The van der Waals surface area contributed by atoms with Crippen molar-refractivity contribution in [2.24, 2.45) is 0 Å². The molecule has 0 atom stereocenters. The highest BCUT2D eigenvalue weighted by molar-refractivity contribution is 6.31. The van der Waals surface area contributed by atoms with E-state index in [1.165, 1.54) is 17.2 Å². The van der Waals surface area contributed by atoms with Gasteiger partial charge in [0.1, 0.15) is 0 Å². The lowest BCUT2D eigenvalue weighted by atomic mass is 10.1. The number of aromatic nitrogens is 7. The molecule has 4 rings (SSSR count). The number of nitrogens with two attached hydrogens (primary N) is 1. The van der Waals surface area contributed by atoms with E-state index < -0.39 is 5.91 Å². The fraction of sp³-hybridized carbons (Fsp3) is 0.0625. The third-order valence-corrected chi connectivity index (χ3v) is 3.96. The molecular weight excluding hydrogens is 370 g/mol. The molecule has 134 valence electrons. The smallest absolute Gasteiger partial charge is 0.274 e. The first kappa shape index (κ1) is 16.8. The van der Waals surface area contributed by atoms with Gasteiger partial charge in [-0.05, 0) is 11.6 Å². The normalized spacial score (nSPS) is 10.9. The van der Waals surface area contributed by atoms with E-state index in [1.54, 1.807) is 12.4 Å². The summed E-state index contributed by atoms with van der Waals surface area (Å²) in [4.78, 5) is 30.3. The van der Waals surface area contributed by atoms with Crippen LogP contribution in [-0.4, -0.2) is 40.8 Å². The van der Waals surface area contributed by atoms with Crippen molar-refractivity contribution in [3.8, 4) is 5.82 Å². The van der Waals surface area contributed by atoms with Crippen molar-refractivity contribution in [1.82, 2.24) is 40.2 Å². The second kappa shape index (κ2) is 6.92. The van der Waals surface area contributed by atoms with Crippen molar-refractivity contribution in [3.63, 3.8) is 0 Å². The molecule has 0 saturated heterocycles. The fourth-order valence-electron chi connectivity index (χ4n) is 2.49.